The largest absolute Gasteiger partial charge is 0.324 e. The molecule has 4 aromatic carbocycles. The molecule has 4 fully saturated rings. The summed E-state index contributed by atoms with van der Waals surface area (Å²) in [4.78, 5) is 36.9. The number of aromatic amines is 2. The molecule has 6 N–H and O–H groups in total. The molecule has 0 spiro atoms. The van der Waals surface area contributed by atoms with Crippen molar-refractivity contribution in [1.29, 1.82) is 0 Å². The lowest BCUT2D eigenvalue weighted by molar-refractivity contribution is 0.412. The fourth-order valence-corrected chi connectivity index (χ4v) is 17.7. The van der Waals surface area contributed by atoms with Crippen molar-refractivity contribution in [3.8, 4) is 45.6 Å². The van der Waals surface area contributed by atoms with Crippen LogP contribution in [0.5, 0.6) is 0 Å². The van der Waals surface area contributed by atoms with Gasteiger partial charge in [0.25, 0.3) is 0 Å². The number of aromatic nitrogens is 8. The van der Waals surface area contributed by atoms with E-state index in [9.17, 15) is 33.7 Å². The molecule has 0 unspecified atom stereocenters. The van der Waals surface area contributed by atoms with Gasteiger partial charge in [0.2, 0.25) is 40.1 Å². The van der Waals surface area contributed by atoms with Crippen LogP contribution in [-0.2, 0) is 40.1 Å². The average Bonchev–Trinajstić information content (AvgIpc) is 4.20. The van der Waals surface area contributed by atoms with Gasteiger partial charge in [0.05, 0.1) is 19.6 Å². The van der Waals surface area contributed by atoms with Crippen molar-refractivity contribution < 1.29 is 33.7 Å². The third kappa shape index (κ3) is 10.5. The van der Waals surface area contributed by atoms with Crippen molar-refractivity contribution >= 4 is 84.2 Å². The molecule has 8 bridgehead atoms. The van der Waals surface area contributed by atoms with Gasteiger partial charge in [-0.3, -0.25) is 0 Å². The standard InChI is InChI=1S/C56H62N12O8S4/c69-77(70,65-33-13-5-1-6-14-33)37-21-25-41-45(29-37)53-59-49(41)57-50-43-27-23-39(79(73,74)67-35-17-9-3-10-18-35)31-47(43)55(61-50)64-56-48-32-40(80(75,76)68-36-19-11-4-12-20-36)24-28-44(48)52(62-56)58-51-42-26-22-38(30-46(42)54(60-51)63-53)78(71,72)66-34-15-7-2-8-16-34/h21-36,65-68H,1-20H2,(H2,57,58,59,60,61,62,63,64). The molecule has 7 aromatic rings. The van der Waals surface area contributed by atoms with Gasteiger partial charge in [-0.2, -0.15) is 0 Å². The Morgan fingerprint density at radius 1 is 0.300 bits per heavy atom. The highest BCUT2D eigenvalue weighted by Gasteiger charge is 2.31. The second-order valence-electron chi connectivity index (χ2n) is 22.3. The summed E-state index contributed by atoms with van der Waals surface area (Å²) < 4.78 is 125. The van der Waals surface area contributed by atoms with Gasteiger partial charge < -0.3 is 9.97 Å². The third-order valence-corrected chi connectivity index (χ3v) is 22.7. The topological polar surface area (TPSA) is 294 Å². The molecule has 4 saturated carbocycles. The summed E-state index contributed by atoms with van der Waals surface area (Å²) in [5, 5.41) is 1.66. The molecule has 0 atom stereocenters. The quantitative estimate of drug-likeness (QED) is 0.0664. The number of hydrogen-bond donors (Lipinski definition) is 6. The van der Waals surface area contributed by atoms with Gasteiger partial charge in [-0.15, -0.1) is 0 Å². The maximum Gasteiger partial charge on any atom is 0.240 e. The molecule has 0 saturated heterocycles. The van der Waals surface area contributed by atoms with Crippen LogP contribution < -0.4 is 18.9 Å². The monoisotopic (exact) mass is 1160 g/mol. The highest BCUT2D eigenvalue weighted by Crippen LogP contribution is 2.40. The maximum atomic E-state index is 14.2. The molecule has 24 heteroatoms. The summed E-state index contributed by atoms with van der Waals surface area (Å²) in [5.41, 5.74) is 2.32. The van der Waals surface area contributed by atoms with Gasteiger partial charge in [0, 0.05) is 68.0 Å². The van der Waals surface area contributed by atoms with Crippen LogP contribution in [0.2, 0.25) is 0 Å². The highest BCUT2D eigenvalue weighted by atomic mass is 32.2. The van der Waals surface area contributed by atoms with Crippen molar-refractivity contribution in [1.82, 2.24) is 58.8 Å². The van der Waals surface area contributed by atoms with E-state index in [4.69, 9.17) is 29.9 Å². The molecule has 20 nitrogen and oxygen atoms in total. The summed E-state index contributed by atoms with van der Waals surface area (Å²) >= 11 is 0. The number of fused-ring (bicyclic) bond motifs is 20. The van der Waals surface area contributed by atoms with E-state index in [1.165, 1.54) is 48.5 Å². The Balaban J connectivity index is 1.06. The Labute approximate surface area is 464 Å². The predicted octanol–water partition coefficient (Wildman–Crippen LogP) is 9.31. The van der Waals surface area contributed by atoms with Gasteiger partial charge >= 0.3 is 0 Å². The van der Waals surface area contributed by atoms with Crippen LogP contribution in [0.25, 0.3) is 89.7 Å². The van der Waals surface area contributed by atoms with E-state index in [0.29, 0.717) is 43.8 Å². The van der Waals surface area contributed by atoms with E-state index in [0.717, 1.165) is 128 Å². The first-order valence-corrected chi connectivity index (χ1v) is 34.0. The number of sulfonamides is 4. The summed E-state index contributed by atoms with van der Waals surface area (Å²) in [6.45, 7) is 0. The van der Waals surface area contributed by atoms with Crippen molar-refractivity contribution in [2.75, 3.05) is 0 Å². The molecule has 3 aromatic heterocycles. The van der Waals surface area contributed by atoms with E-state index in [1.807, 2.05) is 0 Å². The second-order valence-corrected chi connectivity index (χ2v) is 29.1. The minimum atomic E-state index is -4.03. The summed E-state index contributed by atoms with van der Waals surface area (Å²) in [6.07, 6.45) is 17.4. The Bertz CT molecular complexity index is 4010. The fraction of sp³-hybridized carbons (Fsp3) is 0.429. The van der Waals surface area contributed by atoms with E-state index in [2.05, 4.69) is 28.9 Å². The van der Waals surface area contributed by atoms with Crippen LogP contribution in [0.4, 0.5) is 0 Å². The van der Waals surface area contributed by atoms with Crippen LogP contribution >= 0.6 is 0 Å². The van der Waals surface area contributed by atoms with E-state index in [1.54, 1.807) is 24.3 Å². The Morgan fingerprint density at radius 3 is 0.875 bits per heavy atom. The molecule has 6 aliphatic rings. The first-order chi connectivity index (χ1) is 38.5. The Morgan fingerprint density at radius 2 is 0.562 bits per heavy atom. The molecular weight excluding hydrogens is 1100 g/mol. The van der Waals surface area contributed by atoms with Gasteiger partial charge in [0.1, 0.15) is 22.6 Å². The van der Waals surface area contributed by atoms with Crippen LogP contribution in [0.3, 0.4) is 0 Å². The smallest absolute Gasteiger partial charge is 0.240 e. The fourth-order valence-electron chi connectivity index (χ4n) is 12.4. The van der Waals surface area contributed by atoms with Crippen molar-refractivity contribution in [3.05, 3.63) is 72.8 Å². The number of benzene rings is 4. The molecule has 4 aliphatic carbocycles. The molecule has 0 radical (unpaired) electrons. The van der Waals surface area contributed by atoms with Crippen LogP contribution in [-0.4, -0.2) is 97.7 Å². The van der Waals surface area contributed by atoms with Crippen molar-refractivity contribution in [2.24, 2.45) is 0 Å². The minimum absolute atomic E-state index is 0.00139. The van der Waals surface area contributed by atoms with Gasteiger partial charge in [0.15, 0.2) is 23.3 Å². The molecular formula is C56H62N12O8S4. The molecule has 5 heterocycles. The van der Waals surface area contributed by atoms with Crippen molar-refractivity contribution in [3.63, 3.8) is 0 Å². The number of nitrogens with zero attached hydrogens (tertiary/aromatic N) is 6. The average molecular weight is 1160 g/mol. The first kappa shape index (κ1) is 53.2. The Hall–Kier alpha value is -6.12. The third-order valence-electron chi connectivity index (χ3n) is 16.7. The molecule has 13 rings (SSSR count). The number of nitrogens with one attached hydrogen (secondary N) is 6. The lowest BCUT2D eigenvalue weighted by Gasteiger charge is -2.22. The molecule has 0 amide bonds. The molecule has 418 valence electrons. The zero-order valence-electron chi connectivity index (χ0n) is 44.0. The highest BCUT2D eigenvalue weighted by molar-refractivity contribution is 7.90. The minimum Gasteiger partial charge on any atom is -0.324 e. The zero-order chi connectivity index (χ0) is 55.0. The van der Waals surface area contributed by atoms with Crippen LogP contribution in [0, 0.1) is 0 Å². The zero-order valence-corrected chi connectivity index (χ0v) is 47.2. The van der Waals surface area contributed by atoms with E-state index >= 15 is 0 Å². The van der Waals surface area contributed by atoms with Gasteiger partial charge in [-0.05, 0) is 124 Å². The molecule has 2 aliphatic heterocycles. The summed E-state index contributed by atoms with van der Waals surface area (Å²) in [7, 11) is -16.1. The van der Waals surface area contributed by atoms with Crippen LogP contribution in [0.15, 0.2) is 92.4 Å². The maximum absolute atomic E-state index is 14.2. The van der Waals surface area contributed by atoms with Gasteiger partial charge in [-0.1, -0.05) is 77.0 Å². The van der Waals surface area contributed by atoms with E-state index in [-0.39, 0.29) is 89.6 Å². The van der Waals surface area contributed by atoms with Crippen LogP contribution in [0.1, 0.15) is 128 Å². The Kier molecular flexibility index (Phi) is 14.0. The SMILES string of the molecule is O=S(=O)(NC1CCCCC1)c1ccc2c(c1)-c1nc-2nc2[nH]c(nc3nc(nc4[nH]c(n1)c1cc(S(=O)(=O)NC5CCCCC5)ccc41)-c1ccc(S(=O)(=O)NC4CCCCC4)cc1-3)c1cc(S(=O)(=O)NC3CCCCC3)ccc21. The summed E-state index contributed by atoms with van der Waals surface area (Å²) in [6, 6.07) is 17.8. The second kappa shape index (κ2) is 21.0. The lowest BCUT2D eigenvalue weighted by Crippen LogP contribution is -2.36. The number of hydrogen-bond acceptors (Lipinski definition) is 14. The number of rotatable bonds is 12. The summed E-state index contributed by atoms with van der Waals surface area (Å²) in [5.74, 6) is 0.421. The first-order valence-electron chi connectivity index (χ1n) is 28.0. The number of H-pyrrole nitrogens is 2. The molecule has 80 heavy (non-hydrogen) atoms. The predicted molar refractivity (Wildman–Crippen MR) is 305 cm³/mol. The van der Waals surface area contributed by atoms with Gasteiger partial charge in [-0.25, -0.2) is 82.5 Å². The lowest BCUT2D eigenvalue weighted by atomic mass is 9.96. The normalized spacial score (nSPS) is 18.4. The van der Waals surface area contributed by atoms with E-state index < -0.39 is 40.1 Å². The van der Waals surface area contributed by atoms with Crippen molar-refractivity contribution in [2.45, 2.75) is 172 Å².